The number of aromatic nitrogens is 3. The molecular weight excluding hydrogens is 469 g/mol. The van der Waals surface area contributed by atoms with E-state index in [0.29, 0.717) is 29.9 Å². The standard InChI is InChI=1S/C26H29F3N6O/c1-5-20-15-34(24-23-22(33(4)25(36)32-24)12-11-19(13-30)31-23)16(3)14-35(20)21(6-2)17-7-9-18(10-8-17)26(27,28)29/h7-12,16,20-21H,5-6,14-15H2,1-4H3/t16-,20+,21-/m0/s1. The van der Waals surface area contributed by atoms with E-state index in [9.17, 15) is 23.2 Å². The van der Waals surface area contributed by atoms with Gasteiger partial charge in [-0.1, -0.05) is 26.0 Å². The fourth-order valence-corrected chi connectivity index (χ4v) is 5.13. The second-order valence-corrected chi connectivity index (χ2v) is 9.26. The maximum atomic E-state index is 13.1. The van der Waals surface area contributed by atoms with Crippen LogP contribution in [0.4, 0.5) is 19.0 Å². The molecule has 4 rings (SSSR count). The third kappa shape index (κ3) is 4.67. The summed E-state index contributed by atoms with van der Waals surface area (Å²) >= 11 is 0. The summed E-state index contributed by atoms with van der Waals surface area (Å²) in [5.41, 5.74) is 1.14. The Labute approximate surface area is 207 Å². The van der Waals surface area contributed by atoms with Crippen molar-refractivity contribution >= 4 is 16.9 Å². The van der Waals surface area contributed by atoms with E-state index in [4.69, 9.17) is 0 Å². The lowest BCUT2D eigenvalue weighted by molar-refractivity contribution is -0.137. The van der Waals surface area contributed by atoms with Crippen molar-refractivity contribution in [2.75, 3.05) is 18.0 Å². The maximum absolute atomic E-state index is 13.1. The number of aryl methyl sites for hydroxylation is 1. The van der Waals surface area contributed by atoms with Crippen LogP contribution in [0.2, 0.25) is 0 Å². The average molecular weight is 499 g/mol. The van der Waals surface area contributed by atoms with E-state index in [2.05, 4.69) is 32.8 Å². The number of halogens is 3. The predicted octanol–water partition coefficient (Wildman–Crippen LogP) is 4.66. The number of piperazine rings is 1. The molecule has 190 valence electrons. The van der Waals surface area contributed by atoms with Crippen LogP contribution in [0.5, 0.6) is 0 Å². The van der Waals surface area contributed by atoms with Gasteiger partial charge in [-0.05, 0) is 49.6 Å². The van der Waals surface area contributed by atoms with Gasteiger partial charge in [0.2, 0.25) is 0 Å². The number of alkyl halides is 3. The Bertz CT molecular complexity index is 1350. The Morgan fingerprint density at radius 3 is 2.39 bits per heavy atom. The minimum Gasteiger partial charge on any atom is -0.349 e. The van der Waals surface area contributed by atoms with Crippen molar-refractivity contribution in [2.45, 2.75) is 57.9 Å². The molecule has 0 unspecified atom stereocenters. The third-order valence-electron chi connectivity index (χ3n) is 7.09. The second kappa shape index (κ2) is 9.90. The van der Waals surface area contributed by atoms with Crippen LogP contribution in [-0.2, 0) is 13.2 Å². The Kier molecular flexibility index (Phi) is 7.05. The smallest absolute Gasteiger partial charge is 0.349 e. The van der Waals surface area contributed by atoms with Gasteiger partial charge in [-0.25, -0.2) is 9.78 Å². The van der Waals surface area contributed by atoms with Gasteiger partial charge in [-0.15, -0.1) is 0 Å². The molecular formula is C26H29F3N6O. The summed E-state index contributed by atoms with van der Waals surface area (Å²) in [6.45, 7) is 7.36. The van der Waals surface area contributed by atoms with Crippen LogP contribution in [0.15, 0.2) is 41.2 Å². The second-order valence-electron chi connectivity index (χ2n) is 9.26. The average Bonchev–Trinajstić information content (AvgIpc) is 2.86. The van der Waals surface area contributed by atoms with Crippen molar-refractivity contribution in [3.63, 3.8) is 0 Å². The molecule has 2 aromatic heterocycles. The normalized spacial score (nSPS) is 19.9. The summed E-state index contributed by atoms with van der Waals surface area (Å²) in [6.07, 6.45) is -2.82. The van der Waals surface area contributed by atoms with Crippen LogP contribution in [0.1, 0.15) is 56.5 Å². The summed E-state index contributed by atoms with van der Waals surface area (Å²) < 4.78 is 40.6. The van der Waals surface area contributed by atoms with Crippen molar-refractivity contribution in [2.24, 2.45) is 7.05 Å². The van der Waals surface area contributed by atoms with Gasteiger partial charge >= 0.3 is 11.9 Å². The van der Waals surface area contributed by atoms with Crippen LogP contribution in [0.25, 0.3) is 11.0 Å². The van der Waals surface area contributed by atoms with Crippen molar-refractivity contribution in [3.8, 4) is 6.07 Å². The van der Waals surface area contributed by atoms with Crippen molar-refractivity contribution in [1.29, 1.82) is 5.26 Å². The van der Waals surface area contributed by atoms with Gasteiger partial charge in [0.25, 0.3) is 0 Å². The first-order valence-corrected chi connectivity index (χ1v) is 12.1. The fraction of sp³-hybridized carbons (Fsp3) is 0.462. The molecule has 1 fully saturated rings. The molecule has 0 saturated carbocycles. The molecule has 7 nitrogen and oxygen atoms in total. The quantitative estimate of drug-likeness (QED) is 0.509. The van der Waals surface area contributed by atoms with Crippen LogP contribution in [0, 0.1) is 11.3 Å². The molecule has 0 amide bonds. The summed E-state index contributed by atoms with van der Waals surface area (Å²) in [5, 5.41) is 9.36. The molecule has 3 atom stereocenters. The largest absolute Gasteiger partial charge is 0.416 e. The zero-order valence-corrected chi connectivity index (χ0v) is 20.8. The highest BCUT2D eigenvalue weighted by molar-refractivity contribution is 5.86. The van der Waals surface area contributed by atoms with Crippen molar-refractivity contribution < 1.29 is 13.2 Å². The highest BCUT2D eigenvalue weighted by Gasteiger charge is 2.37. The molecule has 10 heteroatoms. The number of nitrogens with zero attached hydrogens (tertiary/aromatic N) is 6. The lowest BCUT2D eigenvalue weighted by Gasteiger charge is -2.49. The minimum absolute atomic E-state index is 0.0431. The molecule has 0 spiro atoms. The molecule has 3 aromatic rings. The van der Waals surface area contributed by atoms with Gasteiger partial charge < -0.3 is 4.90 Å². The molecule has 3 heterocycles. The molecule has 1 saturated heterocycles. The number of nitriles is 1. The van der Waals surface area contributed by atoms with Crippen LogP contribution in [-0.4, -0.2) is 44.6 Å². The number of hydrogen-bond donors (Lipinski definition) is 0. The van der Waals surface area contributed by atoms with E-state index in [1.807, 2.05) is 13.8 Å². The van der Waals surface area contributed by atoms with Crippen LogP contribution >= 0.6 is 0 Å². The first-order valence-electron chi connectivity index (χ1n) is 12.1. The molecule has 0 bridgehead atoms. The van der Waals surface area contributed by atoms with E-state index in [0.717, 1.165) is 30.5 Å². The Morgan fingerprint density at radius 2 is 1.81 bits per heavy atom. The lowest BCUT2D eigenvalue weighted by atomic mass is 9.95. The maximum Gasteiger partial charge on any atom is 0.416 e. The zero-order valence-electron chi connectivity index (χ0n) is 20.8. The van der Waals surface area contributed by atoms with E-state index in [-0.39, 0.29) is 23.8 Å². The molecule has 1 aliphatic rings. The molecule has 0 N–H and O–H groups in total. The Balaban J connectivity index is 1.69. The predicted molar refractivity (Wildman–Crippen MR) is 132 cm³/mol. The van der Waals surface area contributed by atoms with Crippen LogP contribution in [0.3, 0.4) is 0 Å². The van der Waals surface area contributed by atoms with Gasteiger partial charge in [0.1, 0.15) is 17.3 Å². The van der Waals surface area contributed by atoms with Gasteiger partial charge in [0.15, 0.2) is 5.82 Å². The third-order valence-corrected chi connectivity index (χ3v) is 7.09. The summed E-state index contributed by atoms with van der Waals surface area (Å²) in [4.78, 5) is 25.9. The lowest BCUT2D eigenvalue weighted by Crippen LogP contribution is -2.58. The SMILES string of the molecule is CC[C@@H]1CN(c2nc(=O)n(C)c3ccc(C#N)nc23)[C@@H](C)CN1[C@@H](CC)c1ccc(C(F)(F)F)cc1. The van der Waals surface area contributed by atoms with Gasteiger partial charge in [0, 0.05) is 38.3 Å². The van der Waals surface area contributed by atoms with Crippen molar-refractivity contribution in [3.05, 3.63) is 63.7 Å². The number of rotatable bonds is 5. The van der Waals surface area contributed by atoms with E-state index < -0.39 is 17.4 Å². The summed E-state index contributed by atoms with van der Waals surface area (Å²) in [6, 6.07) is 10.8. The minimum atomic E-state index is -4.37. The Morgan fingerprint density at radius 1 is 1.11 bits per heavy atom. The van der Waals surface area contributed by atoms with Gasteiger partial charge in [-0.3, -0.25) is 9.47 Å². The number of benzene rings is 1. The zero-order chi connectivity index (χ0) is 26.2. The van der Waals surface area contributed by atoms with E-state index in [1.165, 1.54) is 4.57 Å². The van der Waals surface area contributed by atoms with Crippen LogP contribution < -0.4 is 10.6 Å². The fourth-order valence-electron chi connectivity index (χ4n) is 5.13. The molecule has 36 heavy (non-hydrogen) atoms. The monoisotopic (exact) mass is 498 g/mol. The van der Waals surface area contributed by atoms with E-state index >= 15 is 0 Å². The Hall–Kier alpha value is -3.45. The molecule has 0 radical (unpaired) electrons. The van der Waals surface area contributed by atoms with Crippen molar-refractivity contribution in [1.82, 2.24) is 19.4 Å². The highest BCUT2D eigenvalue weighted by atomic mass is 19.4. The highest BCUT2D eigenvalue weighted by Crippen LogP contribution is 2.36. The number of fused-ring (bicyclic) bond motifs is 1. The number of hydrogen-bond acceptors (Lipinski definition) is 6. The molecule has 1 aliphatic heterocycles. The number of anilines is 1. The topological polar surface area (TPSA) is 78.0 Å². The molecule has 0 aliphatic carbocycles. The van der Waals surface area contributed by atoms with Gasteiger partial charge in [-0.2, -0.15) is 23.4 Å². The summed E-state index contributed by atoms with van der Waals surface area (Å²) in [5.74, 6) is 0.457. The van der Waals surface area contributed by atoms with E-state index in [1.54, 1.807) is 31.3 Å². The summed E-state index contributed by atoms with van der Waals surface area (Å²) in [7, 11) is 1.63. The molecule has 1 aromatic carbocycles. The first kappa shape index (κ1) is 25.6. The first-order chi connectivity index (χ1) is 17.1. The van der Waals surface area contributed by atoms with Gasteiger partial charge in [0.05, 0.1) is 11.1 Å². The number of pyridine rings is 1.